The van der Waals surface area contributed by atoms with E-state index < -0.39 is 0 Å². The van der Waals surface area contributed by atoms with Gasteiger partial charge >= 0.3 is 0 Å². The molecule has 0 saturated heterocycles. The van der Waals surface area contributed by atoms with Crippen LogP contribution in [-0.2, 0) is 0 Å². The molecule has 0 aliphatic heterocycles. The first-order valence-corrected chi connectivity index (χ1v) is 2.41. The van der Waals surface area contributed by atoms with Gasteiger partial charge in [-0.25, -0.2) is 0 Å². The van der Waals surface area contributed by atoms with E-state index >= 15 is 0 Å². The minimum Gasteiger partial charge on any atom is -0.147 e. The molecule has 0 rings (SSSR count). The van der Waals surface area contributed by atoms with Crippen molar-refractivity contribution in [2.24, 2.45) is 0 Å². The molecule has 0 heterocycles. The molecule has 0 bridgehead atoms. The van der Waals surface area contributed by atoms with Gasteiger partial charge in [0.15, 0.2) is 0 Å². The molecule has 0 fully saturated rings. The van der Waals surface area contributed by atoms with Gasteiger partial charge in [-0.2, -0.15) is 0 Å². The Morgan fingerprint density at radius 3 is 0.900 bits per heavy atom. The summed E-state index contributed by atoms with van der Waals surface area (Å²) in [6.07, 6.45) is 4.08. The smallest absolute Gasteiger partial charge is 0.0538 e. The molecule has 0 radical (unpaired) electrons. The molecule has 0 aromatic rings. The fourth-order valence-corrected chi connectivity index (χ4v) is 0.354. The van der Waals surface area contributed by atoms with Gasteiger partial charge in [-0.05, 0) is 0 Å². The SMILES string of the molecule is C.CCCCC.Cl.Cl.Cl.Cl. The molecule has 0 aromatic carbocycles. The third-order valence-corrected chi connectivity index (χ3v) is 0.707. The van der Waals surface area contributed by atoms with Crippen LogP contribution in [-0.4, -0.2) is 0 Å². The molecule has 0 spiro atoms. The lowest BCUT2D eigenvalue weighted by Crippen LogP contribution is -1.59. The predicted octanol–water partition coefficient (Wildman–Crippen LogP) is 4.52. The van der Waals surface area contributed by atoms with Gasteiger partial charge in [0.05, 0.1) is 0 Å². The Bertz CT molecular complexity index is 17.2. The first kappa shape index (κ1) is 43.3. The Morgan fingerprint density at radius 1 is 0.700 bits per heavy atom. The summed E-state index contributed by atoms with van der Waals surface area (Å²) in [7, 11) is 0. The van der Waals surface area contributed by atoms with Crippen molar-refractivity contribution in [2.75, 3.05) is 0 Å². The lowest BCUT2D eigenvalue weighted by atomic mass is 10.3. The van der Waals surface area contributed by atoms with E-state index in [1.165, 1.54) is 19.3 Å². The zero-order valence-electron chi connectivity index (χ0n) is 5.75. The van der Waals surface area contributed by atoms with Crippen molar-refractivity contribution < 1.29 is 0 Å². The fraction of sp³-hybridized carbons (Fsp3) is 1.00. The molecule has 0 amide bonds. The van der Waals surface area contributed by atoms with E-state index in [0.717, 1.165) is 0 Å². The Hall–Kier alpha value is 1.16. The maximum Gasteiger partial charge on any atom is -0.0538 e. The molecule has 0 aromatic heterocycles. The van der Waals surface area contributed by atoms with E-state index in [-0.39, 0.29) is 57.1 Å². The van der Waals surface area contributed by atoms with Crippen LogP contribution in [0.2, 0.25) is 0 Å². The molecule has 10 heavy (non-hydrogen) atoms. The molecule has 0 nitrogen and oxygen atoms in total. The Balaban J connectivity index is -0.00000000800. The molecule has 0 atom stereocenters. The van der Waals surface area contributed by atoms with Gasteiger partial charge in [-0.3, -0.25) is 0 Å². The normalized spacial score (nSPS) is 4.20. The molecular formula is C6H20Cl4. The second-order valence-corrected chi connectivity index (χ2v) is 1.35. The van der Waals surface area contributed by atoms with E-state index in [9.17, 15) is 0 Å². The van der Waals surface area contributed by atoms with Crippen LogP contribution in [0.4, 0.5) is 0 Å². The largest absolute Gasteiger partial charge is 0.147 e. The number of hydrogen-bond donors (Lipinski definition) is 0. The van der Waals surface area contributed by atoms with E-state index in [0.29, 0.717) is 0 Å². The van der Waals surface area contributed by atoms with E-state index in [1.807, 2.05) is 0 Å². The topological polar surface area (TPSA) is 0 Å². The molecule has 4 heteroatoms. The number of unbranched alkanes of at least 4 members (excludes halogenated alkanes) is 2. The molecule has 0 aliphatic rings. The highest BCUT2D eigenvalue weighted by molar-refractivity contribution is 5.86. The van der Waals surface area contributed by atoms with Gasteiger partial charge in [0, 0.05) is 0 Å². The Labute approximate surface area is 90.2 Å². The standard InChI is InChI=1S/C5H12.CH4.4ClH/c1-3-5-4-2;;;;;/h3-5H2,1-2H3;1H4;4*1H. The quantitative estimate of drug-likeness (QED) is 0.658. The molecule has 0 saturated carbocycles. The summed E-state index contributed by atoms with van der Waals surface area (Å²) in [6, 6.07) is 0. The Kier molecular flexibility index (Phi) is 213. The maximum absolute atomic E-state index is 2.21. The van der Waals surface area contributed by atoms with E-state index in [4.69, 9.17) is 0 Å². The zero-order chi connectivity index (χ0) is 4.12. The second kappa shape index (κ2) is 49.3. The lowest BCUT2D eigenvalue weighted by molar-refractivity contribution is 0.772. The minimum absolute atomic E-state index is 0. The monoisotopic (exact) mass is 232 g/mol. The van der Waals surface area contributed by atoms with Gasteiger partial charge < -0.3 is 0 Å². The summed E-state index contributed by atoms with van der Waals surface area (Å²) in [5, 5.41) is 0. The lowest BCUT2D eigenvalue weighted by Gasteiger charge is -1.79. The van der Waals surface area contributed by atoms with Gasteiger partial charge in [0.1, 0.15) is 0 Å². The number of hydrogen-bond acceptors (Lipinski definition) is 0. The van der Waals surface area contributed by atoms with Crippen LogP contribution in [0.3, 0.4) is 0 Å². The minimum atomic E-state index is 0. The van der Waals surface area contributed by atoms with E-state index in [1.54, 1.807) is 0 Å². The Morgan fingerprint density at radius 2 is 0.900 bits per heavy atom. The van der Waals surface area contributed by atoms with Crippen molar-refractivity contribution >= 4 is 49.6 Å². The van der Waals surface area contributed by atoms with Crippen molar-refractivity contribution in [3.63, 3.8) is 0 Å². The van der Waals surface area contributed by atoms with Crippen molar-refractivity contribution in [1.82, 2.24) is 0 Å². The van der Waals surface area contributed by atoms with Crippen LogP contribution in [0.1, 0.15) is 40.5 Å². The molecule has 0 unspecified atom stereocenters. The van der Waals surface area contributed by atoms with Crippen molar-refractivity contribution in [3.05, 3.63) is 0 Å². The summed E-state index contributed by atoms with van der Waals surface area (Å²) < 4.78 is 0. The first-order valence-electron chi connectivity index (χ1n) is 2.41. The van der Waals surface area contributed by atoms with Crippen LogP contribution in [0.25, 0.3) is 0 Å². The number of halogens is 4. The summed E-state index contributed by atoms with van der Waals surface area (Å²) in [5.74, 6) is 0. The zero-order valence-corrected chi connectivity index (χ0v) is 9.02. The van der Waals surface area contributed by atoms with Crippen LogP contribution in [0.5, 0.6) is 0 Å². The molecule has 72 valence electrons. The summed E-state index contributed by atoms with van der Waals surface area (Å²) in [4.78, 5) is 0. The summed E-state index contributed by atoms with van der Waals surface area (Å²) in [6.45, 7) is 4.42. The van der Waals surface area contributed by atoms with Crippen LogP contribution < -0.4 is 0 Å². The highest BCUT2D eigenvalue weighted by Crippen LogP contribution is 1.88. The molecular weight excluding hydrogens is 214 g/mol. The summed E-state index contributed by atoms with van der Waals surface area (Å²) in [5.41, 5.74) is 0. The van der Waals surface area contributed by atoms with Crippen LogP contribution >= 0.6 is 49.6 Å². The van der Waals surface area contributed by atoms with Crippen molar-refractivity contribution in [2.45, 2.75) is 40.5 Å². The maximum atomic E-state index is 2.21. The molecule has 0 aliphatic carbocycles. The fourth-order valence-electron chi connectivity index (χ4n) is 0.354. The van der Waals surface area contributed by atoms with Gasteiger partial charge in [-0.1, -0.05) is 40.5 Å². The van der Waals surface area contributed by atoms with Gasteiger partial charge in [-0.15, -0.1) is 49.6 Å². The highest BCUT2D eigenvalue weighted by Gasteiger charge is 1.68. The third kappa shape index (κ3) is 61.1. The van der Waals surface area contributed by atoms with E-state index in [2.05, 4.69) is 13.8 Å². The number of rotatable bonds is 2. The highest BCUT2D eigenvalue weighted by atomic mass is 35.5. The second-order valence-electron chi connectivity index (χ2n) is 1.35. The summed E-state index contributed by atoms with van der Waals surface area (Å²) >= 11 is 0. The first-order chi connectivity index (χ1) is 2.41. The molecule has 0 N–H and O–H groups in total. The van der Waals surface area contributed by atoms with Crippen LogP contribution in [0, 0.1) is 0 Å². The van der Waals surface area contributed by atoms with Crippen molar-refractivity contribution in [3.8, 4) is 0 Å². The van der Waals surface area contributed by atoms with Gasteiger partial charge in [0.25, 0.3) is 0 Å². The van der Waals surface area contributed by atoms with Gasteiger partial charge in [0.2, 0.25) is 0 Å². The third-order valence-electron chi connectivity index (χ3n) is 0.707. The average Bonchev–Trinajstić information content (AvgIpc) is 1.41. The van der Waals surface area contributed by atoms with Crippen molar-refractivity contribution in [1.29, 1.82) is 0 Å². The average molecular weight is 234 g/mol. The van der Waals surface area contributed by atoms with Crippen LogP contribution in [0.15, 0.2) is 0 Å². The predicted molar refractivity (Wildman–Crippen MR) is 60.9 cm³/mol.